The number of aromatic nitrogens is 4. The molecule has 0 amide bonds. The second-order valence-electron chi connectivity index (χ2n) is 19.4. The van der Waals surface area contributed by atoms with Crippen LogP contribution in [0.3, 0.4) is 0 Å². The molecule has 6 aromatic carbocycles. The minimum Gasteiger partial charge on any atom is -0.493 e. The lowest BCUT2D eigenvalue weighted by atomic mass is 10.0. The fourth-order valence-corrected chi connectivity index (χ4v) is 11.6. The third-order valence-electron chi connectivity index (χ3n) is 14.2. The van der Waals surface area contributed by atoms with Gasteiger partial charge in [0, 0.05) is 71.2 Å². The number of hydrazine groups is 1. The van der Waals surface area contributed by atoms with Gasteiger partial charge < -0.3 is 24.7 Å². The Morgan fingerprint density at radius 2 is 0.910 bits per heavy atom. The van der Waals surface area contributed by atoms with Crippen LogP contribution in [0.4, 0.5) is 26.4 Å². The third kappa shape index (κ3) is 12.0. The maximum atomic E-state index is 16.2. The third-order valence-corrected chi connectivity index (χ3v) is 15.8. The first kappa shape index (κ1) is 55.0. The molecular formula is C60H62Cl2F2IN9O4. The van der Waals surface area contributed by atoms with Crippen LogP contribution in [0.25, 0.3) is 44.3 Å². The lowest BCUT2D eigenvalue weighted by Crippen LogP contribution is -2.60. The van der Waals surface area contributed by atoms with Crippen molar-refractivity contribution < 1.29 is 27.7 Å². The van der Waals surface area contributed by atoms with Gasteiger partial charge in [0.2, 0.25) is 11.9 Å². The van der Waals surface area contributed by atoms with Crippen LogP contribution in [0, 0.1) is 15.2 Å². The number of fused-ring (bicyclic) bond motifs is 2. The zero-order chi connectivity index (χ0) is 54.5. The summed E-state index contributed by atoms with van der Waals surface area (Å²) in [4.78, 5) is 26.4. The van der Waals surface area contributed by atoms with Gasteiger partial charge >= 0.3 is 0 Å². The lowest BCUT2D eigenvalue weighted by molar-refractivity contribution is 0.182. The Balaban J connectivity index is 1.11. The molecule has 2 saturated heterocycles. The molecule has 4 heterocycles. The molecule has 2 aliphatic rings. The predicted molar refractivity (Wildman–Crippen MR) is 316 cm³/mol. The molecule has 2 fully saturated rings. The standard InChI is InChI=1S/C60H62Cl2F2IN9O4/c1-5-75-51-29-37(30-52(55(51)65)76-6-2)35-71-25-21-41(22-26-71)73(59-67-49-19-17-39(61)33-45(49)57(69-59)43-13-9-11-15-47(43)63)74(60-68-50-20-18-40(62)34-46(50)58(70-60)44-14-10-12-16-48(44)64)42-23-27-72(28-24-42)36-38-31-53(77-7-3)56(66)54(32-38)78-8-4/h9-20,29-34,41-42H,5-8,21-28,35-36,66H2,1-4H3. The van der Waals surface area contributed by atoms with E-state index in [1.807, 2.05) is 52.0 Å². The fourth-order valence-electron chi connectivity index (χ4n) is 10.7. The van der Waals surface area contributed by atoms with E-state index in [2.05, 4.69) is 54.5 Å². The number of benzene rings is 6. The zero-order valence-electron chi connectivity index (χ0n) is 44.1. The van der Waals surface area contributed by atoms with E-state index in [-0.39, 0.29) is 12.1 Å². The van der Waals surface area contributed by atoms with Crippen LogP contribution in [-0.4, -0.2) is 94.4 Å². The van der Waals surface area contributed by atoms with Crippen LogP contribution in [-0.2, 0) is 13.1 Å². The molecule has 406 valence electrons. The minimum absolute atomic E-state index is 0.225. The lowest BCUT2D eigenvalue weighted by Gasteiger charge is -2.48. The first-order chi connectivity index (χ1) is 37.9. The Kier molecular flexibility index (Phi) is 17.5. The molecule has 0 saturated carbocycles. The van der Waals surface area contributed by atoms with Crippen LogP contribution in [0.5, 0.6) is 23.0 Å². The first-order valence-corrected chi connectivity index (χ1v) is 28.5. The van der Waals surface area contributed by atoms with Gasteiger partial charge in [-0.3, -0.25) is 9.80 Å². The SMILES string of the molecule is CCOc1cc(CN2CCC(N(c3nc(-c4ccccc4F)c4cc(Cl)ccc4n3)N(c3nc(-c4ccccc4F)c4cc(Cl)ccc4n3)C3CCN(Cc4cc(OCC)c(I)c(OCC)c4)CC3)CC2)cc(OCC)c1N. The molecule has 10 rings (SSSR count). The Morgan fingerprint density at radius 1 is 0.538 bits per heavy atom. The zero-order valence-corrected chi connectivity index (χ0v) is 47.8. The van der Waals surface area contributed by atoms with Crippen molar-refractivity contribution in [1.29, 1.82) is 0 Å². The summed E-state index contributed by atoms with van der Waals surface area (Å²) in [7, 11) is 0. The summed E-state index contributed by atoms with van der Waals surface area (Å²) in [5.74, 6) is 2.60. The van der Waals surface area contributed by atoms with Crippen molar-refractivity contribution in [3.63, 3.8) is 0 Å². The average Bonchev–Trinajstić information content (AvgIpc) is 3.63. The second kappa shape index (κ2) is 24.8. The number of piperidine rings is 2. The number of hydrogen-bond acceptors (Lipinski definition) is 13. The summed E-state index contributed by atoms with van der Waals surface area (Å²) in [5.41, 5.74) is 11.6. The topological polar surface area (TPSA) is 127 Å². The number of anilines is 3. The molecule has 2 aliphatic heterocycles. The highest BCUT2D eigenvalue weighted by Gasteiger charge is 2.39. The maximum Gasteiger partial charge on any atom is 0.246 e. The second-order valence-corrected chi connectivity index (χ2v) is 21.3. The van der Waals surface area contributed by atoms with Crippen LogP contribution >= 0.6 is 45.8 Å². The molecule has 0 atom stereocenters. The number of nitrogen functional groups attached to an aromatic ring is 1. The minimum atomic E-state index is -0.434. The van der Waals surface area contributed by atoms with E-state index in [0.29, 0.717) is 175 Å². The van der Waals surface area contributed by atoms with Crippen molar-refractivity contribution in [3.05, 3.63) is 146 Å². The van der Waals surface area contributed by atoms with Crippen molar-refractivity contribution in [2.45, 2.75) is 78.6 Å². The van der Waals surface area contributed by atoms with E-state index in [4.69, 9.17) is 67.8 Å². The molecule has 13 nitrogen and oxygen atoms in total. The quantitative estimate of drug-likeness (QED) is 0.0469. The average molecular weight is 1210 g/mol. The van der Waals surface area contributed by atoms with Gasteiger partial charge in [-0.15, -0.1) is 0 Å². The van der Waals surface area contributed by atoms with Gasteiger partial charge in [0.25, 0.3) is 0 Å². The van der Waals surface area contributed by atoms with Crippen LogP contribution < -0.4 is 34.7 Å². The van der Waals surface area contributed by atoms with Gasteiger partial charge in [-0.25, -0.2) is 38.7 Å². The summed E-state index contributed by atoms with van der Waals surface area (Å²) >= 11 is 15.7. The summed E-state index contributed by atoms with van der Waals surface area (Å²) in [6.45, 7) is 13.9. The number of likely N-dealkylation sites (tertiary alicyclic amines) is 2. The molecular weight excluding hydrogens is 1150 g/mol. The monoisotopic (exact) mass is 1210 g/mol. The van der Waals surface area contributed by atoms with E-state index in [0.717, 1.165) is 26.2 Å². The number of ether oxygens (including phenoxy) is 4. The van der Waals surface area contributed by atoms with Gasteiger partial charge in [0.1, 0.15) is 40.3 Å². The van der Waals surface area contributed by atoms with Crippen LogP contribution in [0.2, 0.25) is 10.0 Å². The highest BCUT2D eigenvalue weighted by molar-refractivity contribution is 14.1. The van der Waals surface area contributed by atoms with Crippen molar-refractivity contribution in [3.8, 4) is 45.5 Å². The molecule has 0 spiro atoms. The van der Waals surface area contributed by atoms with E-state index in [1.54, 1.807) is 60.7 Å². The molecule has 2 aromatic heterocycles. The van der Waals surface area contributed by atoms with E-state index >= 15 is 8.78 Å². The largest absolute Gasteiger partial charge is 0.493 e. The number of hydrogen-bond donors (Lipinski definition) is 1. The normalized spacial score (nSPS) is 14.7. The van der Waals surface area contributed by atoms with Crippen molar-refractivity contribution in [2.75, 3.05) is 68.4 Å². The fraction of sp³-hybridized carbons (Fsp3) is 0.333. The van der Waals surface area contributed by atoms with Gasteiger partial charge in [0.15, 0.2) is 0 Å². The number of halogens is 5. The van der Waals surface area contributed by atoms with E-state index in [1.165, 1.54) is 12.1 Å². The molecule has 78 heavy (non-hydrogen) atoms. The molecule has 18 heteroatoms. The molecule has 0 unspecified atom stereocenters. The molecule has 0 bridgehead atoms. The van der Waals surface area contributed by atoms with Gasteiger partial charge in [-0.2, -0.15) is 0 Å². The first-order valence-electron chi connectivity index (χ1n) is 26.7. The number of nitrogens with zero attached hydrogens (tertiary/aromatic N) is 8. The highest BCUT2D eigenvalue weighted by Crippen LogP contribution is 2.41. The highest BCUT2D eigenvalue weighted by atomic mass is 127. The Morgan fingerprint density at radius 3 is 1.29 bits per heavy atom. The molecule has 0 radical (unpaired) electrons. The van der Waals surface area contributed by atoms with Crippen molar-refractivity contribution in [2.24, 2.45) is 0 Å². The summed E-state index contributed by atoms with van der Waals surface area (Å²) in [6.07, 6.45) is 2.69. The van der Waals surface area contributed by atoms with Crippen LogP contribution in [0.15, 0.2) is 109 Å². The van der Waals surface area contributed by atoms with E-state index < -0.39 is 11.6 Å². The Labute approximate surface area is 477 Å². The van der Waals surface area contributed by atoms with Gasteiger partial charge in [0.05, 0.1) is 64.5 Å². The predicted octanol–water partition coefficient (Wildman–Crippen LogP) is 13.8. The molecule has 0 aliphatic carbocycles. The number of nitrogens with two attached hydrogens (primary N) is 1. The number of rotatable bonds is 19. The smallest absolute Gasteiger partial charge is 0.246 e. The van der Waals surface area contributed by atoms with Gasteiger partial charge in [-0.1, -0.05) is 47.5 Å². The summed E-state index contributed by atoms with van der Waals surface area (Å²) in [6, 6.07) is 31.8. The van der Waals surface area contributed by atoms with Crippen molar-refractivity contribution >= 4 is 85.2 Å². The molecule has 2 N–H and O–H groups in total. The molecule has 8 aromatic rings. The van der Waals surface area contributed by atoms with Crippen LogP contribution in [0.1, 0.15) is 64.5 Å². The van der Waals surface area contributed by atoms with Crippen molar-refractivity contribution in [1.82, 2.24) is 29.7 Å². The summed E-state index contributed by atoms with van der Waals surface area (Å²) in [5, 5.41) is 6.45. The van der Waals surface area contributed by atoms with Gasteiger partial charge in [-0.05, 0) is 172 Å². The van der Waals surface area contributed by atoms with E-state index in [9.17, 15) is 0 Å². The summed E-state index contributed by atoms with van der Waals surface area (Å²) < 4.78 is 57.5. The Hall–Kier alpha value is -6.31. The maximum absolute atomic E-state index is 16.2. The Bertz CT molecular complexity index is 3160.